The molecular weight excluding hydrogens is 412 g/mol. The normalized spacial score (nSPS) is 25.8. The highest BCUT2D eigenvalue weighted by Crippen LogP contribution is 2.39. The molecule has 7 nitrogen and oxygen atoms in total. The van der Waals surface area contributed by atoms with Gasteiger partial charge in [-0.05, 0) is 55.9 Å². The Morgan fingerprint density at radius 3 is 2.65 bits per heavy atom. The number of nitrogens with zero attached hydrogens (tertiary/aromatic N) is 2. The summed E-state index contributed by atoms with van der Waals surface area (Å²) in [6.45, 7) is 2.80. The standard InChI is InChI=1S/C23H28N4O3S/c1-12-8-18(24-10-13-6-7-13)27-22(25-16-9-14(11-28)20(29)21(16)30)19(12)23-26-15-4-2-3-5-17(15)31-23/h2-5,8,13-14,16,20-21,28-30H,6-7,9-11H2,1H3,(H2,24,25,27). The molecule has 2 aliphatic carbocycles. The topological polar surface area (TPSA) is 111 Å². The Kier molecular flexibility index (Phi) is 5.56. The van der Waals surface area contributed by atoms with Crippen LogP contribution in [0, 0.1) is 18.8 Å². The van der Waals surface area contributed by atoms with Gasteiger partial charge >= 0.3 is 0 Å². The quantitative estimate of drug-likeness (QED) is 0.384. The molecule has 31 heavy (non-hydrogen) atoms. The maximum atomic E-state index is 10.5. The highest BCUT2D eigenvalue weighted by atomic mass is 32.1. The number of nitrogens with one attached hydrogen (secondary N) is 2. The summed E-state index contributed by atoms with van der Waals surface area (Å²) in [6.07, 6.45) is 1.07. The first-order valence-corrected chi connectivity index (χ1v) is 11.7. The van der Waals surface area contributed by atoms with Gasteiger partial charge in [0.1, 0.15) is 22.7 Å². The van der Waals surface area contributed by atoms with Crippen molar-refractivity contribution in [2.45, 2.75) is 44.4 Å². The van der Waals surface area contributed by atoms with Crippen LogP contribution in [0.5, 0.6) is 0 Å². The second-order valence-electron chi connectivity index (χ2n) is 8.77. The van der Waals surface area contributed by atoms with Crippen LogP contribution >= 0.6 is 11.3 Å². The Labute approximate surface area is 185 Å². The summed E-state index contributed by atoms with van der Waals surface area (Å²) in [5, 5.41) is 38.0. The lowest BCUT2D eigenvalue weighted by Crippen LogP contribution is -2.35. The number of rotatable bonds is 7. The van der Waals surface area contributed by atoms with Crippen molar-refractivity contribution < 1.29 is 15.3 Å². The molecule has 0 amide bonds. The van der Waals surface area contributed by atoms with Gasteiger partial charge in [0.25, 0.3) is 0 Å². The van der Waals surface area contributed by atoms with Crippen LogP contribution in [0.1, 0.15) is 24.8 Å². The molecule has 0 spiro atoms. The number of aryl methyl sites for hydroxylation is 1. The predicted molar refractivity (Wildman–Crippen MR) is 123 cm³/mol. The number of para-hydroxylation sites is 1. The molecule has 2 heterocycles. The number of hydrogen-bond donors (Lipinski definition) is 5. The lowest BCUT2D eigenvalue weighted by atomic mass is 10.1. The van der Waals surface area contributed by atoms with Gasteiger partial charge < -0.3 is 26.0 Å². The maximum absolute atomic E-state index is 10.5. The van der Waals surface area contributed by atoms with Gasteiger partial charge in [-0.2, -0.15) is 0 Å². The monoisotopic (exact) mass is 440 g/mol. The van der Waals surface area contributed by atoms with E-state index in [-0.39, 0.29) is 12.5 Å². The highest BCUT2D eigenvalue weighted by Gasteiger charge is 2.41. The van der Waals surface area contributed by atoms with E-state index < -0.39 is 18.2 Å². The summed E-state index contributed by atoms with van der Waals surface area (Å²) in [7, 11) is 0. The highest BCUT2D eigenvalue weighted by molar-refractivity contribution is 7.21. The largest absolute Gasteiger partial charge is 0.396 e. The van der Waals surface area contributed by atoms with Gasteiger partial charge in [0.15, 0.2) is 0 Å². The average molecular weight is 441 g/mol. The molecule has 8 heteroatoms. The summed E-state index contributed by atoms with van der Waals surface area (Å²) in [5.74, 6) is 1.81. The number of pyridine rings is 1. The minimum absolute atomic E-state index is 0.156. The van der Waals surface area contributed by atoms with Gasteiger partial charge in [0, 0.05) is 19.1 Å². The number of benzene rings is 1. The molecule has 4 unspecified atom stereocenters. The summed E-state index contributed by atoms with van der Waals surface area (Å²) in [6, 6.07) is 9.69. The first-order valence-electron chi connectivity index (χ1n) is 10.9. The summed E-state index contributed by atoms with van der Waals surface area (Å²) in [4.78, 5) is 9.67. The number of hydrogen-bond acceptors (Lipinski definition) is 8. The van der Waals surface area contributed by atoms with E-state index in [4.69, 9.17) is 9.97 Å². The Bertz CT molecular complexity index is 1050. The van der Waals surface area contributed by atoms with Crippen molar-refractivity contribution in [2.24, 2.45) is 11.8 Å². The van der Waals surface area contributed by atoms with Crippen molar-refractivity contribution in [3.63, 3.8) is 0 Å². The van der Waals surface area contributed by atoms with Gasteiger partial charge in [-0.1, -0.05) is 12.1 Å². The third-order valence-corrected chi connectivity index (χ3v) is 7.41. The molecule has 1 aromatic carbocycles. The molecule has 2 saturated carbocycles. The Morgan fingerprint density at radius 2 is 1.94 bits per heavy atom. The van der Waals surface area contributed by atoms with E-state index in [0.717, 1.165) is 44.6 Å². The Morgan fingerprint density at radius 1 is 1.13 bits per heavy atom. The van der Waals surface area contributed by atoms with Gasteiger partial charge in [-0.15, -0.1) is 11.3 Å². The van der Waals surface area contributed by atoms with Crippen molar-refractivity contribution in [2.75, 3.05) is 23.8 Å². The Hall–Kier alpha value is -2.26. The summed E-state index contributed by atoms with van der Waals surface area (Å²) in [5.41, 5.74) is 2.90. The smallest absolute Gasteiger partial charge is 0.139 e. The van der Waals surface area contributed by atoms with Crippen LogP contribution in [0.3, 0.4) is 0 Å². The number of aliphatic hydroxyl groups excluding tert-OH is 3. The van der Waals surface area contributed by atoms with Gasteiger partial charge in [-0.3, -0.25) is 0 Å². The third kappa shape index (κ3) is 4.13. The first kappa shape index (κ1) is 20.6. The number of anilines is 2. The van der Waals surface area contributed by atoms with E-state index >= 15 is 0 Å². The molecule has 164 valence electrons. The van der Waals surface area contributed by atoms with E-state index in [9.17, 15) is 15.3 Å². The second-order valence-corrected chi connectivity index (χ2v) is 9.80. The second kappa shape index (κ2) is 8.35. The summed E-state index contributed by atoms with van der Waals surface area (Å²) >= 11 is 1.61. The number of aromatic nitrogens is 2. The molecule has 2 aromatic heterocycles. The summed E-state index contributed by atoms with van der Waals surface area (Å²) < 4.78 is 1.11. The lowest BCUT2D eigenvalue weighted by molar-refractivity contribution is 0.00446. The molecule has 4 atom stereocenters. The molecule has 0 bridgehead atoms. The Balaban J connectivity index is 1.52. The van der Waals surface area contributed by atoms with E-state index in [1.165, 1.54) is 12.8 Å². The van der Waals surface area contributed by atoms with Crippen LogP contribution in [0.2, 0.25) is 0 Å². The van der Waals surface area contributed by atoms with Crippen molar-refractivity contribution in [3.05, 3.63) is 35.9 Å². The van der Waals surface area contributed by atoms with Crippen LogP contribution in [0.4, 0.5) is 11.6 Å². The third-order valence-electron chi connectivity index (χ3n) is 6.35. The zero-order valence-corrected chi connectivity index (χ0v) is 18.3. The number of thiazole rings is 1. The van der Waals surface area contributed by atoms with Gasteiger partial charge in [-0.25, -0.2) is 9.97 Å². The molecule has 0 radical (unpaired) electrons. The average Bonchev–Trinajstić information content (AvgIpc) is 3.44. The van der Waals surface area contributed by atoms with Crippen LogP contribution in [-0.4, -0.2) is 56.7 Å². The van der Waals surface area contributed by atoms with Crippen molar-refractivity contribution >= 4 is 33.2 Å². The molecule has 3 aromatic rings. The maximum Gasteiger partial charge on any atom is 0.139 e. The molecular formula is C23H28N4O3S. The fraction of sp³-hybridized carbons (Fsp3) is 0.478. The van der Waals surface area contributed by atoms with Crippen molar-refractivity contribution in [3.8, 4) is 10.6 Å². The molecule has 2 fully saturated rings. The predicted octanol–water partition coefficient (Wildman–Crippen LogP) is 3.00. The number of fused-ring (bicyclic) bond motifs is 1. The fourth-order valence-electron chi connectivity index (χ4n) is 4.31. The minimum atomic E-state index is -0.967. The van der Waals surface area contributed by atoms with Gasteiger partial charge in [0.05, 0.1) is 27.9 Å². The number of aliphatic hydroxyl groups is 3. The zero-order valence-electron chi connectivity index (χ0n) is 17.5. The van der Waals surface area contributed by atoms with E-state index in [1.807, 2.05) is 31.2 Å². The van der Waals surface area contributed by atoms with Crippen molar-refractivity contribution in [1.82, 2.24) is 9.97 Å². The van der Waals surface area contributed by atoms with Crippen LogP contribution in [0.15, 0.2) is 30.3 Å². The van der Waals surface area contributed by atoms with E-state index in [1.54, 1.807) is 11.3 Å². The molecule has 2 aliphatic rings. The fourth-order valence-corrected chi connectivity index (χ4v) is 5.39. The van der Waals surface area contributed by atoms with Crippen LogP contribution in [0.25, 0.3) is 20.8 Å². The zero-order chi connectivity index (χ0) is 21.5. The SMILES string of the molecule is Cc1cc(NCC2CC2)nc(NC2CC(CO)C(O)C2O)c1-c1nc2ccccc2s1. The first-order chi connectivity index (χ1) is 15.0. The van der Waals surface area contributed by atoms with Crippen LogP contribution < -0.4 is 10.6 Å². The van der Waals surface area contributed by atoms with E-state index in [2.05, 4.69) is 16.7 Å². The van der Waals surface area contributed by atoms with Crippen molar-refractivity contribution in [1.29, 1.82) is 0 Å². The lowest BCUT2D eigenvalue weighted by Gasteiger charge is -2.21. The van der Waals surface area contributed by atoms with E-state index in [0.29, 0.717) is 12.2 Å². The van der Waals surface area contributed by atoms with Gasteiger partial charge in [0.2, 0.25) is 0 Å². The van der Waals surface area contributed by atoms with Crippen LogP contribution in [-0.2, 0) is 0 Å². The molecule has 0 saturated heterocycles. The minimum Gasteiger partial charge on any atom is -0.396 e. The molecule has 5 rings (SSSR count). The molecule has 0 aliphatic heterocycles. The molecule has 5 N–H and O–H groups in total.